The van der Waals surface area contributed by atoms with Gasteiger partial charge in [0.05, 0.1) is 7.11 Å². The van der Waals surface area contributed by atoms with Crippen LogP contribution in [-0.2, 0) is 4.79 Å². The molecule has 2 heterocycles. The maximum Gasteiger partial charge on any atom is 0.222 e. The van der Waals surface area contributed by atoms with E-state index in [1.165, 1.54) is 5.69 Å². The Labute approximate surface area is 162 Å². The largest absolute Gasteiger partial charge is 0.497 e. The van der Waals surface area contributed by atoms with Crippen LogP contribution in [0.1, 0.15) is 19.3 Å². The van der Waals surface area contributed by atoms with Gasteiger partial charge in [-0.1, -0.05) is 6.07 Å². The highest BCUT2D eigenvalue weighted by Crippen LogP contribution is 2.23. The number of nitrogens with one attached hydrogen (secondary N) is 1. The van der Waals surface area contributed by atoms with E-state index >= 15 is 0 Å². The number of anilines is 1. The molecule has 1 amide bonds. The molecule has 0 radical (unpaired) electrons. The molecule has 7 heteroatoms. The van der Waals surface area contributed by atoms with Gasteiger partial charge < -0.3 is 19.9 Å². The van der Waals surface area contributed by atoms with Crippen molar-refractivity contribution in [3.63, 3.8) is 0 Å². The monoisotopic (exact) mass is 389 g/mol. The van der Waals surface area contributed by atoms with Crippen molar-refractivity contribution in [1.82, 2.24) is 10.2 Å². The number of nitrogens with zero attached hydrogens (tertiary/aromatic N) is 2. The molecule has 0 spiro atoms. The highest BCUT2D eigenvalue weighted by Gasteiger charge is 2.24. The average molecular weight is 390 g/mol. The summed E-state index contributed by atoms with van der Waals surface area (Å²) in [6.07, 6.45) is 2.99. The van der Waals surface area contributed by atoms with E-state index in [-0.39, 0.29) is 24.8 Å². The lowest BCUT2D eigenvalue weighted by Crippen LogP contribution is -2.49. The van der Waals surface area contributed by atoms with Crippen molar-refractivity contribution in [3.8, 4) is 5.75 Å². The third-order valence-electron chi connectivity index (χ3n) is 4.97. The predicted molar refractivity (Wildman–Crippen MR) is 106 cm³/mol. The Balaban J connectivity index is 0.00000156. The molecular formula is C18H29Cl2N3O2. The van der Waals surface area contributed by atoms with Gasteiger partial charge in [-0.2, -0.15) is 0 Å². The number of hydrogen-bond donors (Lipinski definition) is 1. The first-order valence-corrected chi connectivity index (χ1v) is 8.64. The van der Waals surface area contributed by atoms with E-state index in [0.717, 1.165) is 64.3 Å². The Hall–Kier alpha value is -1.17. The van der Waals surface area contributed by atoms with Crippen LogP contribution in [0.15, 0.2) is 24.3 Å². The molecule has 0 bridgehead atoms. The number of rotatable bonds is 4. The Kier molecular flexibility index (Phi) is 9.39. The highest BCUT2D eigenvalue weighted by atomic mass is 35.5. The van der Waals surface area contributed by atoms with Crippen LogP contribution in [-0.4, -0.2) is 57.2 Å². The average Bonchev–Trinajstić information content (AvgIpc) is 2.63. The van der Waals surface area contributed by atoms with Gasteiger partial charge in [-0.05, 0) is 44.0 Å². The van der Waals surface area contributed by atoms with Crippen LogP contribution in [0.25, 0.3) is 0 Å². The molecule has 25 heavy (non-hydrogen) atoms. The van der Waals surface area contributed by atoms with Crippen molar-refractivity contribution in [1.29, 1.82) is 0 Å². The van der Waals surface area contributed by atoms with Crippen LogP contribution in [0.2, 0.25) is 0 Å². The minimum Gasteiger partial charge on any atom is -0.497 e. The lowest BCUT2D eigenvalue weighted by molar-refractivity contribution is -0.132. The number of piperidine rings is 1. The summed E-state index contributed by atoms with van der Waals surface area (Å²) in [6, 6.07) is 8.15. The molecule has 1 aromatic carbocycles. The topological polar surface area (TPSA) is 44.8 Å². The molecule has 0 atom stereocenters. The molecule has 0 saturated carbocycles. The van der Waals surface area contributed by atoms with Gasteiger partial charge in [0, 0.05) is 44.4 Å². The van der Waals surface area contributed by atoms with Gasteiger partial charge in [-0.15, -0.1) is 24.8 Å². The SMILES string of the molecule is COc1cccc(N2CCN(C(=O)CC3CCNCC3)CC2)c1.Cl.Cl. The lowest BCUT2D eigenvalue weighted by atomic mass is 9.94. The lowest BCUT2D eigenvalue weighted by Gasteiger charge is -2.37. The molecule has 2 fully saturated rings. The van der Waals surface area contributed by atoms with Crippen molar-refractivity contribution in [2.45, 2.75) is 19.3 Å². The van der Waals surface area contributed by atoms with Crippen LogP contribution in [0.4, 0.5) is 5.69 Å². The molecular weight excluding hydrogens is 361 g/mol. The molecule has 5 nitrogen and oxygen atoms in total. The van der Waals surface area contributed by atoms with E-state index in [4.69, 9.17) is 4.74 Å². The van der Waals surface area contributed by atoms with Crippen LogP contribution < -0.4 is 15.0 Å². The van der Waals surface area contributed by atoms with Crippen LogP contribution >= 0.6 is 24.8 Å². The summed E-state index contributed by atoms with van der Waals surface area (Å²) in [6.45, 7) is 5.54. The maximum atomic E-state index is 12.5. The molecule has 3 rings (SSSR count). The summed E-state index contributed by atoms with van der Waals surface area (Å²) in [5.41, 5.74) is 1.18. The van der Waals surface area contributed by atoms with Crippen molar-refractivity contribution >= 4 is 36.4 Å². The van der Waals surface area contributed by atoms with E-state index < -0.39 is 0 Å². The predicted octanol–water partition coefficient (Wildman–Crippen LogP) is 2.58. The Morgan fingerprint density at radius 3 is 2.48 bits per heavy atom. The Bertz CT molecular complexity index is 531. The van der Waals surface area contributed by atoms with E-state index in [9.17, 15) is 4.79 Å². The molecule has 1 N–H and O–H groups in total. The minimum absolute atomic E-state index is 0. The number of benzene rings is 1. The fourth-order valence-corrected chi connectivity index (χ4v) is 3.48. The third-order valence-corrected chi connectivity index (χ3v) is 4.97. The summed E-state index contributed by atoms with van der Waals surface area (Å²) in [5, 5.41) is 3.36. The second-order valence-corrected chi connectivity index (χ2v) is 6.47. The van der Waals surface area contributed by atoms with E-state index in [1.807, 2.05) is 17.0 Å². The van der Waals surface area contributed by atoms with Crippen LogP contribution in [0, 0.1) is 5.92 Å². The van der Waals surface area contributed by atoms with E-state index in [2.05, 4.69) is 22.3 Å². The molecule has 2 aliphatic heterocycles. The molecule has 0 aromatic heterocycles. The fourth-order valence-electron chi connectivity index (χ4n) is 3.48. The number of carbonyl (C=O) groups excluding carboxylic acids is 1. The zero-order chi connectivity index (χ0) is 16.1. The summed E-state index contributed by atoms with van der Waals surface area (Å²) in [7, 11) is 1.69. The highest BCUT2D eigenvalue weighted by molar-refractivity contribution is 5.85. The van der Waals surface area contributed by atoms with E-state index in [0.29, 0.717) is 11.8 Å². The molecule has 1 aromatic rings. The van der Waals surface area contributed by atoms with Gasteiger partial charge in [-0.25, -0.2) is 0 Å². The number of methoxy groups -OCH3 is 1. The Morgan fingerprint density at radius 2 is 1.84 bits per heavy atom. The minimum atomic E-state index is 0. The first kappa shape index (κ1) is 21.9. The number of hydrogen-bond acceptors (Lipinski definition) is 4. The van der Waals surface area contributed by atoms with Crippen molar-refractivity contribution in [2.75, 3.05) is 51.3 Å². The van der Waals surface area contributed by atoms with E-state index in [1.54, 1.807) is 7.11 Å². The van der Waals surface area contributed by atoms with Crippen molar-refractivity contribution in [3.05, 3.63) is 24.3 Å². The van der Waals surface area contributed by atoms with Gasteiger partial charge in [0.1, 0.15) is 5.75 Å². The van der Waals surface area contributed by atoms with Gasteiger partial charge in [0.15, 0.2) is 0 Å². The number of ether oxygens (including phenoxy) is 1. The summed E-state index contributed by atoms with van der Waals surface area (Å²) in [5.74, 6) is 1.79. The summed E-state index contributed by atoms with van der Waals surface area (Å²) in [4.78, 5) is 16.8. The smallest absolute Gasteiger partial charge is 0.222 e. The molecule has 142 valence electrons. The zero-order valence-electron chi connectivity index (χ0n) is 14.8. The van der Waals surface area contributed by atoms with Crippen molar-refractivity contribution < 1.29 is 9.53 Å². The zero-order valence-corrected chi connectivity index (χ0v) is 16.4. The maximum absolute atomic E-state index is 12.5. The van der Waals surface area contributed by atoms with Crippen LogP contribution in [0.5, 0.6) is 5.75 Å². The third kappa shape index (κ3) is 5.94. The molecule has 2 saturated heterocycles. The summed E-state index contributed by atoms with van der Waals surface area (Å²) >= 11 is 0. The fraction of sp³-hybridized carbons (Fsp3) is 0.611. The summed E-state index contributed by atoms with van der Waals surface area (Å²) < 4.78 is 5.29. The van der Waals surface area contributed by atoms with Gasteiger partial charge in [0.2, 0.25) is 5.91 Å². The van der Waals surface area contributed by atoms with Crippen LogP contribution in [0.3, 0.4) is 0 Å². The second-order valence-electron chi connectivity index (χ2n) is 6.47. The molecule has 2 aliphatic rings. The van der Waals surface area contributed by atoms with Gasteiger partial charge in [-0.3, -0.25) is 4.79 Å². The normalized spacial score (nSPS) is 18.1. The van der Waals surface area contributed by atoms with Crippen molar-refractivity contribution in [2.24, 2.45) is 5.92 Å². The number of carbonyl (C=O) groups is 1. The van der Waals surface area contributed by atoms with Gasteiger partial charge in [0.25, 0.3) is 0 Å². The second kappa shape index (κ2) is 10.7. The first-order chi connectivity index (χ1) is 11.3. The quantitative estimate of drug-likeness (QED) is 0.859. The molecule has 0 unspecified atom stereocenters. The number of amides is 1. The Morgan fingerprint density at radius 1 is 1.16 bits per heavy atom. The number of piperazine rings is 1. The number of halogens is 2. The first-order valence-electron chi connectivity index (χ1n) is 8.64. The van der Waals surface area contributed by atoms with Gasteiger partial charge >= 0.3 is 0 Å². The molecule has 0 aliphatic carbocycles. The standard InChI is InChI=1S/C18H27N3O2.2ClH/c1-23-17-4-2-3-16(14-17)20-9-11-21(12-10-20)18(22)13-15-5-7-19-8-6-15;;/h2-4,14-15,19H,5-13H2,1H3;2*1H.